The van der Waals surface area contributed by atoms with Crippen LogP contribution in [0.25, 0.3) is 0 Å². The van der Waals surface area contributed by atoms with Gasteiger partial charge in [0.2, 0.25) is 0 Å². The van der Waals surface area contributed by atoms with E-state index in [4.69, 9.17) is 18.9 Å². The maximum Gasteiger partial charge on any atom is 0.342 e. The maximum atomic E-state index is 12.4. The summed E-state index contributed by atoms with van der Waals surface area (Å²) < 4.78 is 21.2. The minimum Gasteiger partial charge on any atom is -0.453 e. The smallest absolute Gasteiger partial charge is 0.342 e. The molecule has 0 saturated carbocycles. The lowest BCUT2D eigenvalue weighted by Crippen LogP contribution is -2.35. The highest BCUT2D eigenvalue weighted by molar-refractivity contribution is 5.93. The molecule has 2 heterocycles. The van der Waals surface area contributed by atoms with Crippen molar-refractivity contribution in [3.8, 4) is 5.75 Å². The second kappa shape index (κ2) is 7.03. The third-order valence-electron chi connectivity index (χ3n) is 3.80. The predicted molar refractivity (Wildman–Crippen MR) is 78.3 cm³/mol. The molecule has 2 fully saturated rings. The van der Waals surface area contributed by atoms with Crippen molar-refractivity contribution in [1.29, 1.82) is 0 Å². The summed E-state index contributed by atoms with van der Waals surface area (Å²) in [5.74, 6) is -1.20. The van der Waals surface area contributed by atoms with Crippen molar-refractivity contribution in [2.45, 2.75) is 31.3 Å². The zero-order chi connectivity index (χ0) is 18.0. The third kappa shape index (κ3) is 3.69. The van der Waals surface area contributed by atoms with E-state index in [1.807, 2.05) is 0 Å². The van der Waals surface area contributed by atoms with E-state index in [1.54, 1.807) is 12.1 Å². The molecule has 2 aliphatic rings. The van der Waals surface area contributed by atoms with E-state index in [9.17, 15) is 19.7 Å². The largest absolute Gasteiger partial charge is 0.453 e. The molecule has 2 unspecified atom stereocenters. The van der Waals surface area contributed by atoms with Gasteiger partial charge in [-0.05, 0) is 12.1 Å². The Morgan fingerprint density at radius 3 is 2.48 bits per heavy atom. The first-order valence-corrected chi connectivity index (χ1v) is 7.48. The van der Waals surface area contributed by atoms with Crippen LogP contribution in [0.1, 0.15) is 17.3 Å². The van der Waals surface area contributed by atoms with Gasteiger partial charge in [0.25, 0.3) is 5.09 Å². The van der Waals surface area contributed by atoms with Gasteiger partial charge in [0.05, 0.1) is 13.2 Å². The number of hydrogen-bond acceptors (Lipinski definition) is 9. The van der Waals surface area contributed by atoms with Gasteiger partial charge < -0.3 is 23.8 Å². The summed E-state index contributed by atoms with van der Waals surface area (Å²) in [7, 11) is 0. The summed E-state index contributed by atoms with van der Waals surface area (Å²) >= 11 is 0. The number of para-hydroxylation sites is 1. The first kappa shape index (κ1) is 17.1. The fourth-order valence-electron chi connectivity index (χ4n) is 2.81. The van der Waals surface area contributed by atoms with Gasteiger partial charge in [-0.3, -0.25) is 4.79 Å². The van der Waals surface area contributed by atoms with Gasteiger partial charge in [-0.15, -0.1) is 10.1 Å². The van der Waals surface area contributed by atoms with Crippen LogP contribution < -0.4 is 4.74 Å². The van der Waals surface area contributed by atoms with Crippen LogP contribution in [0, 0.1) is 10.1 Å². The Kier molecular flexibility index (Phi) is 4.81. The average Bonchev–Trinajstić information content (AvgIpc) is 3.11. The number of nitrogens with zero attached hydrogens (tertiary/aromatic N) is 1. The molecule has 134 valence electrons. The molecule has 0 aliphatic carbocycles. The van der Waals surface area contributed by atoms with Gasteiger partial charge in [-0.2, -0.15) is 0 Å². The molecule has 0 amide bonds. The van der Waals surface area contributed by atoms with Crippen LogP contribution in [0.4, 0.5) is 0 Å². The molecule has 1 aromatic carbocycles. The zero-order valence-electron chi connectivity index (χ0n) is 13.2. The summed E-state index contributed by atoms with van der Waals surface area (Å²) in [6.45, 7) is 1.21. The minimum absolute atomic E-state index is 0.0222. The van der Waals surface area contributed by atoms with Gasteiger partial charge >= 0.3 is 11.9 Å². The highest BCUT2D eigenvalue weighted by Gasteiger charge is 2.51. The van der Waals surface area contributed by atoms with Crippen LogP contribution in [0.2, 0.25) is 0 Å². The summed E-state index contributed by atoms with van der Waals surface area (Å²) in [5.41, 5.74) is 0.0808. The number of hydrogen-bond donors (Lipinski definition) is 0. The number of benzene rings is 1. The Hall–Kier alpha value is -2.72. The van der Waals surface area contributed by atoms with E-state index in [1.165, 1.54) is 19.1 Å². The van der Waals surface area contributed by atoms with E-state index in [0.29, 0.717) is 0 Å². The Balaban J connectivity index is 1.67. The molecule has 3 rings (SSSR count). The molecule has 10 nitrogen and oxygen atoms in total. The third-order valence-corrected chi connectivity index (χ3v) is 3.80. The predicted octanol–water partition coefficient (Wildman–Crippen LogP) is 0.512. The summed E-state index contributed by atoms with van der Waals surface area (Å²) in [6.07, 6.45) is -2.96. The van der Waals surface area contributed by atoms with E-state index in [-0.39, 0.29) is 24.5 Å². The van der Waals surface area contributed by atoms with Crippen LogP contribution in [0.5, 0.6) is 5.75 Å². The first-order valence-electron chi connectivity index (χ1n) is 7.48. The molecule has 0 bridgehead atoms. The maximum absolute atomic E-state index is 12.4. The monoisotopic (exact) mass is 353 g/mol. The van der Waals surface area contributed by atoms with Crippen molar-refractivity contribution < 1.29 is 38.5 Å². The number of fused-ring (bicyclic) bond motifs is 1. The van der Waals surface area contributed by atoms with Crippen LogP contribution in [0.3, 0.4) is 0 Å². The number of ether oxygens (including phenoxy) is 4. The molecule has 1 aromatic rings. The first-order chi connectivity index (χ1) is 12.0. The molecule has 0 radical (unpaired) electrons. The van der Waals surface area contributed by atoms with Crippen molar-refractivity contribution in [2.75, 3.05) is 13.2 Å². The Morgan fingerprint density at radius 1 is 1.16 bits per heavy atom. The molecule has 0 aromatic heterocycles. The second-order valence-corrected chi connectivity index (χ2v) is 5.50. The van der Waals surface area contributed by atoms with Crippen LogP contribution >= 0.6 is 0 Å². The molecule has 0 spiro atoms. The number of carbonyl (C=O) groups is 2. The summed E-state index contributed by atoms with van der Waals surface area (Å²) in [5, 5.41) is 9.55. The summed E-state index contributed by atoms with van der Waals surface area (Å²) in [6, 6.07) is 6.15. The van der Waals surface area contributed by atoms with E-state index < -0.39 is 41.4 Å². The molecular weight excluding hydrogens is 338 g/mol. The average molecular weight is 353 g/mol. The Bertz CT molecular complexity index is 691. The zero-order valence-corrected chi connectivity index (χ0v) is 13.2. The van der Waals surface area contributed by atoms with Crippen LogP contribution in [-0.4, -0.2) is 54.7 Å². The Morgan fingerprint density at radius 2 is 1.80 bits per heavy atom. The van der Waals surface area contributed by atoms with Crippen molar-refractivity contribution >= 4 is 11.9 Å². The molecule has 0 N–H and O–H groups in total. The van der Waals surface area contributed by atoms with Crippen LogP contribution in [-0.2, 0) is 23.8 Å². The molecular formula is C15H15NO9. The number of carbonyl (C=O) groups excluding carboxylic acids is 2. The van der Waals surface area contributed by atoms with Crippen molar-refractivity contribution in [3.05, 3.63) is 39.9 Å². The van der Waals surface area contributed by atoms with Gasteiger partial charge in [-0.25, -0.2) is 4.79 Å². The van der Waals surface area contributed by atoms with Crippen LogP contribution in [0.15, 0.2) is 24.3 Å². The minimum atomic E-state index is -0.908. The molecule has 4 atom stereocenters. The SMILES string of the molecule is CC(=O)Oc1ccccc1C(=O)O[C@H]1COC2C1OC[C@H]2O[N+](=O)[O-]. The number of esters is 2. The fourth-order valence-corrected chi connectivity index (χ4v) is 2.81. The second-order valence-electron chi connectivity index (χ2n) is 5.50. The molecule has 2 saturated heterocycles. The standard InChI is InChI=1S/C15H15NO9/c1-8(17)23-10-5-3-2-4-9(10)15(18)24-11-6-21-14-12(25-16(19)20)7-22-13(11)14/h2-5,11-14H,6-7H2,1H3/t11-,12+,13?,14?/m0/s1. The van der Waals surface area contributed by atoms with Gasteiger partial charge in [0.1, 0.15) is 23.5 Å². The lowest BCUT2D eigenvalue weighted by Gasteiger charge is -2.17. The molecule has 10 heteroatoms. The lowest BCUT2D eigenvalue weighted by molar-refractivity contribution is -0.769. The van der Waals surface area contributed by atoms with Crippen molar-refractivity contribution in [3.63, 3.8) is 0 Å². The van der Waals surface area contributed by atoms with Crippen molar-refractivity contribution in [1.82, 2.24) is 0 Å². The van der Waals surface area contributed by atoms with E-state index in [0.717, 1.165) is 0 Å². The lowest BCUT2D eigenvalue weighted by atomic mass is 10.1. The highest BCUT2D eigenvalue weighted by atomic mass is 17.0. The topological polar surface area (TPSA) is 123 Å². The van der Waals surface area contributed by atoms with E-state index in [2.05, 4.69) is 4.84 Å². The quantitative estimate of drug-likeness (QED) is 0.322. The molecule has 2 aliphatic heterocycles. The van der Waals surface area contributed by atoms with Gasteiger partial charge in [0.15, 0.2) is 12.2 Å². The van der Waals surface area contributed by atoms with Gasteiger partial charge in [-0.1, -0.05) is 12.1 Å². The van der Waals surface area contributed by atoms with Gasteiger partial charge in [0, 0.05) is 6.92 Å². The highest BCUT2D eigenvalue weighted by Crippen LogP contribution is 2.31. The normalized spacial score (nSPS) is 27.4. The summed E-state index contributed by atoms with van der Waals surface area (Å²) in [4.78, 5) is 38.5. The number of rotatable bonds is 5. The van der Waals surface area contributed by atoms with E-state index >= 15 is 0 Å². The molecule has 25 heavy (non-hydrogen) atoms. The van der Waals surface area contributed by atoms with Crippen molar-refractivity contribution in [2.24, 2.45) is 0 Å². The fraction of sp³-hybridized carbons (Fsp3) is 0.467. The Labute approximate surface area is 141 Å².